The smallest absolute Gasteiger partial charge is 0.0749 e. The molecule has 0 heterocycles. The summed E-state index contributed by atoms with van der Waals surface area (Å²) in [6.45, 7) is 5.43. The maximum absolute atomic E-state index is 6.39. The molecule has 0 saturated heterocycles. The molecule has 19 heavy (non-hydrogen) atoms. The molecule has 0 bridgehead atoms. The summed E-state index contributed by atoms with van der Waals surface area (Å²) in [7, 11) is 0. The van der Waals surface area contributed by atoms with Crippen LogP contribution in [0.4, 0.5) is 11.4 Å². The van der Waals surface area contributed by atoms with Crippen molar-refractivity contribution in [3.63, 3.8) is 0 Å². The van der Waals surface area contributed by atoms with Gasteiger partial charge in [0.05, 0.1) is 15.7 Å². The van der Waals surface area contributed by atoms with Crippen molar-refractivity contribution in [3.8, 4) is 0 Å². The molecule has 0 atom stereocenters. The molecule has 0 amide bonds. The van der Waals surface area contributed by atoms with Crippen LogP contribution in [0.5, 0.6) is 0 Å². The van der Waals surface area contributed by atoms with Crippen molar-refractivity contribution in [1.82, 2.24) is 0 Å². The Kier molecular flexibility index (Phi) is 4.86. The van der Waals surface area contributed by atoms with Crippen LogP contribution >= 0.6 is 23.2 Å². The third kappa shape index (κ3) is 3.49. The summed E-state index contributed by atoms with van der Waals surface area (Å²) in [5, 5.41) is 1.33. The number of rotatable bonds is 4. The summed E-state index contributed by atoms with van der Waals surface area (Å²) in [6, 6.07) is 4.15. The number of anilines is 2. The summed E-state index contributed by atoms with van der Waals surface area (Å²) in [5.41, 5.74) is 7.37. The molecule has 0 unspecified atom stereocenters. The molecule has 1 aromatic rings. The second kappa shape index (κ2) is 6.23. The fourth-order valence-electron chi connectivity index (χ4n) is 2.89. The highest BCUT2D eigenvalue weighted by Gasteiger charge is 2.26. The fraction of sp³-hybridized carbons (Fsp3) is 0.600. The number of nitrogens with two attached hydrogens (primary N) is 1. The van der Waals surface area contributed by atoms with E-state index >= 15 is 0 Å². The lowest BCUT2D eigenvalue weighted by Gasteiger charge is -2.34. The second-order valence-corrected chi connectivity index (χ2v) is 6.63. The van der Waals surface area contributed by atoms with E-state index in [0.29, 0.717) is 27.7 Å². The number of nitrogen functional groups attached to an aromatic ring is 1. The minimum absolute atomic E-state index is 0.557. The molecule has 0 spiro atoms. The summed E-state index contributed by atoms with van der Waals surface area (Å²) < 4.78 is 0. The number of benzene rings is 1. The predicted molar refractivity (Wildman–Crippen MR) is 85.3 cm³/mol. The van der Waals surface area contributed by atoms with Gasteiger partial charge in [0.25, 0.3) is 0 Å². The van der Waals surface area contributed by atoms with Gasteiger partial charge in [0, 0.05) is 18.3 Å². The van der Waals surface area contributed by atoms with Crippen molar-refractivity contribution in [2.75, 3.05) is 17.2 Å². The predicted octanol–water partition coefficient (Wildman–Crippen LogP) is 4.98. The monoisotopic (exact) mass is 300 g/mol. The van der Waals surface area contributed by atoms with Crippen LogP contribution < -0.4 is 10.6 Å². The first-order valence-corrected chi connectivity index (χ1v) is 7.75. The quantitative estimate of drug-likeness (QED) is 0.795. The van der Waals surface area contributed by atoms with E-state index in [-0.39, 0.29) is 0 Å². The molecular formula is C15H22Cl2N2. The Morgan fingerprint density at radius 2 is 1.74 bits per heavy atom. The van der Waals surface area contributed by atoms with Crippen molar-refractivity contribution in [2.24, 2.45) is 5.92 Å². The minimum Gasteiger partial charge on any atom is -0.399 e. The zero-order valence-corrected chi connectivity index (χ0v) is 13.1. The van der Waals surface area contributed by atoms with Crippen LogP contribution in [0, 0.1) is 5.92 Å². The minimum atomic E-state index is 0.557. The standard InChI is InChI=1S/C15H22Cl2N2/c1-10(2)9-19(12-5-3-4-6-12)15-13(16)7-11(18)8-14(15)17/h7-8,10,12H,3-6,9,18H2,1-2H3. The van der Waals surface area contributed by atoms with E-state index in [9.17, 15) is 0 Å². The number of halogens is 2. The first kappa shape index (κ1) is 14.8. The molecule has 106 valence electrons. The van der Waals surface area contributed by atoms with Gasteiger partial charge < -0.3 is 10.6 Å². The Morgan fingerprint density at radius 3 is 2.21 bits per heavy atom. The van der Waals surface area contributed by atoms with Crippen LogP contribution in [-0.2, 0) is 0 Å². The van der Waals surface area contributed by atoms with Crippen LogP contribution in [0.1, 0.15) is 39.5 Å². The van der Waals surface area contributed by atoms with Crippen LogP contribution in [0.15, 0.2) is 12.1 Å². The van der Waals surface area contributed by atoms with Gasteiger partial charge in [-0.1, -0.05) is 49.9 Å². The molecule has 1 aromatic carbocycles. The van der Waals surface area contributed by atoms with E-state index in [2.05, 4.69) is 18.7 Å². The average molecular weight is 301 g/mol. The van der Waals surface area contributed by atoms with Crippen molar-refractivity contribution in [2.45, 2.75) is 45.6 Å². The maximum Gasteiger partial charge on any atom is 0.0749 e. The number of nitrogens with zero attached hydrogens (tertiary/aromatic N) is 1. The lowest BCUT2D eigenvalue weighted by Crippen LogP contribution is -2.36. The first-order valence-electron chi connectivity index (χ1n) is 7.00. The Bertz CT molecular complexity index is 417. The van der Waals surface area contributed by atoms with Crippen LogP contribution in [-0.4, -0.2) is 12.6 Å². The van der Waals surface area contributed by atoms with Crippen LogP contribution in [0.25, 0.3) is 0 Å². The van der Waals surface area contributed by atoms with Gasteiger partial charge in [0.2, 0.25) is 0 Å². The van der Waals surface area contributed by atoms with E-state index in [4.69, 9.17) is 28.9 Å². The maximum atomic E-state index is 6.39. The molecule has 1 fully saturated rings. The Balaban J connectivity index is 2.36. The summed E-state index contributed by atoms with van der Waals surface area (Å²) in [4.78, 5) is 2.39. The molecule has 0 aromatic heterocycles. The van der Waals surface area contributed by atoms with Gasteiger partial charge in [-0.2, -0.15) is 0 Å². The highest BCUT2D eigenvalue weighted by molar-refractivity contribution is 6.39. The van der Waals surface area contributed by atoms with Crippen LogP contribution in [0.3, 0.4) is 0 Å². The van der Waals surface area contributed by atoms with Gasteiger partial charge >= 0.3 is 0 Å². The molecule has 1 saturated carbocycles. The average Bonchev–Trinajstić information content (AvgIpc) is 2.78. The second-order valence-electron chi connectivity index (χ2n) is 5.82. The van der Waals surface area contributed by atoms with E-state index < -0.39 is 0 Å². The Hall–Kier alpha value is -0.600. The molecule has 2 N–H and O–H groups in total. The molecule has 2 rings (SSSR count). The van der Waals surface area contributed by atoms with Crippen LogP contribution in [0.2, 0.25) is 10.0 Å². The van der Waals surface area contributed by atoms with Gasteiger partial charge in [0.15, 0.2) is 0 Å². The van der Waals surface area contributed by atoms with E-state index in [1.807, 2.05) is 0 Å². The number of hydrogen-bond donors (Lipinski definition) is 1. The third-order valence-electron chi connectivity index (χ3n) is 3.65. The van der Waals surface area contributed by atoms with Gasteiger partial charge in [-0.15, -0.1) is 0 Å². The molecule has 1 aliphatic rings. The van der Waals surface area contributed by atoms with E-state index in [0.717, 1.165) is 12.2 Å². The van der Waals surface area contributed by atoms with Crippen molar-refractivity contribution in [3.05, 3.63) is 22.2 Å². The lowest BCUT2D eigenvalue weighted by atomic mass is 10.1. The zero-order chi connectivity index (χ0) is 14.0. The Morgan fingerprint density at radius 1 is 1.21 bits per heavy atom. The SMILES string of the molecule is CC(C)CN(c1c(Cl)cc(N)cc1Cl)C1CCCC1. The van der Waals surface area contributed by atoms with Gasteiger partial charge in [-0.3, -0.25) is 0 Å². The van der Waals surface area contributed by atoms with Crippen molar-refractivity contribution >= 4 is 34.6 Å². The number of hydrogen-bond acceptors (Lipinski definition) is 2. The zero-order valence-electron chi connectivity index (χ0n) is 11.6. The molecule has 1 aliphatic carbocycles. The molecule has 0 radical (unpaired) electrons. The van der Waals surface area contributed by atoms with E-state index in [1.165, 1.54) is 25.7 Å². The molecule has 0 aliphatic heterocycles. The first-order chi connectivity index (χ1) is 8.99. The summed E-state index contributed by atoms with van der Waals surface area (Å²) in [5.74, 6) is 0.574. The highest BCUT2D eigenvalue weighted by Crippen LogP contribution is 2.40. The van der Waals surface area contributed by atoms with Crippen molar-refractivity contribution in [1.29, 1.82) is 0 Å². The Labute approximate surface area is 125 Å². The summed E-state index contributed by atoms with van der Waals surface area (Å²) in [6.07, 6.45) is 5.04. The normalized spacial score (nSPS) is 16.3. The largest absolute Gasteiger partial charge is 0.399 e. The lowest BCUT2D eigenvalue weighted by molar-refractivity contribution is 0.536. The van der Waals surface area contributed by atoms with Gasteiger partial charge in [0.1, 0.15) is 0 Å². The van der Waals surface area contributed by atoms with Gasteiger partial charge in [-0.05, 0) is 30.9 Å². The molecule has 2 nitrogen and oxygen atoms in total. The van der Waals surface area contributed by atoms with Crippen molar-refractivity contribution < 1.29 is 0 Å². The van der Waals surface area contributed by atoms with Gasteiger partial charge in [-0.25, -0.2) is 0 Å². The molecule has 4 heteroatoms. The molecular weight excluding hydrogens is 279 g/mol. The summed E-state index contributed by atoms with van der Waals surface area (Å²) >= 11 is 12.8. The highest BCUT2D eigenvalue weighted by atomic mass is 35.5. The topological polar surface area (TPSA) is 29.3 Å². The van der Waals surface area contributed by atoms with E-state index in [1.54, 1.807) is 12.1 Å². The fourth-order valence-corrected chi connectivity index (χ4v) is 3.61. The third-order valence-corrected chi connectivity index (χ3v) is 4.23.